The first-order chi connectivity index (χ1) is 5.74. The SMILES string of the molecule is CCO[C@H]1CC[C@H](C(C)C)CC1. The molecule has 12 heavy (non-hydrogen) atoms. The molecule has 0 heterocycles. The predicted octanol–water partition coefficient (Wildman–Crippen LogP) is 3.24. The van der Waals surface area contributed by atoms with E-state index in [4.69, 9.17) is 4.74 Å². The standard InChI is InChI=1S/C11H22O/c1-4-12-11-7-5-10(6-8-11)9(2)3/h9-11H,4-8H2,1-3H3/t10-,11-. The van der Waals surface area contributed by atoms with E-state index >= 15 is 0 Å². The van der Waals surface area contributed by atoms with E-state index in [-0.39, 0.29) is 0 Å². The van der Waals surface area contributed by atoms with E-state index in [1.807, 2.05) is 0 Å². The Bertz CT molecular complexity index is 112. The van der Waals surface area contributed by atoms with Gasteiger partial charge in [-0.05, 0) is 44.4 Å². The summed E-state index contributed by atoms with van der Waals surface area (Å²) < 4.78 is 5.61. The molecule has 0 saturated heterocycles. The fourth-order valence-corrected chi connectivity index (χ4v) is 2.16. The van der Waals surface area contributed by atoms with Gasteiger partial charge in [0.15, 0.2) is 0 Å². The Morgan fingerprint density at radius 2 is 1.75 bits per heavy atom. The molecule has 1 fully saturated rings. The van der Waals surface area contributed by atoms with E-state index in [0.29, 0.717) is 6.10 Å². The lowest BCUT2D eigenvalue weighted by atomic mass is 9.80. The summed E-state index contributed by atoms with van der Waals surface area (Å²) in [5.41, 5.74) is 0. The molecule has 1 rings (SSSR count). The fraction of sp³-hybridized carbons (Fsp3) is 1.00. The molecule has 0 aromatic heterocycles. The molecular formula is C11H22O. The first-order valence-corrected chi connectivity index (χ1v) is 5.35. The molecular weight excluding hydrogens is 148 g/mol. The fourth-order valence-electron chi connectivity index (χ4n) is 2.16. The van der Waals surface area contributed by atoms with E-state index in [1.165, 1.54) is 25.7 Å². The van der Waals surface area contributed by atoms with Crippen LogP contribution in [0.5, 0.6) is 0 Å². The van der Waals surface area contributed by atoms with Crippen LogP contribution in [0, 0.1) is 11.8 Å². The van der Waals surface area contributed by atoms with E-state index in [2.05, 4.69) is 20.8 Å². The van der Waals surface area contributed by atoms with Crippen molar-refractivity contribution in [3.05, 3.63) is 0 Å². The van der Waals surface area contributed by atoms with Gasteiger partial charge < -0.3 is 4.74 Å². The molecule has 0 aliphatic heterocycles. The summed E-state index contributed by atoms with van der Waals surface area (Å²) in [5.74, 6) is 1.83. The molecule has 0 aromatic carbocycles. The van der Waals surface area contributed by atoms with Crippen molar-refractivity contribution < 1.29 is 4.74 Å². The van der Waals surface area contributed by atoms with Crippen LogP contribution in [0.3, 0.4) is 0 Å². The first kappa shape index (κ1) is 10.0. The van der Waals surface area contributed by atoms with Crippen LogP contribution in [0.25, 0.3) is 0 Å². The lowest BCUT2D eigenvalue weighted by Gasteiger charge is -2.30. The van der Waals surface area contributed by atoms with Crippen LogP contribution < -0.4 is 0 Å². The first-order valence-electron chi connectivity index (χ1n) is 5.35. The predicted molar refractivity (Wildman–Crippen MR) is 52.2 cm³/mol. The highest BCUT2D eigenvalue weighted by atomic mass is 16.5. The van der Waals surface area contributed by atoms with Gasteiger partial charge in [0.25, 0.3) is 0 Å². The third-order valence-electron chi connectivity index (χ3n) is 3.06. The average Bonchev–Trinajstić information content (AvgIpc) is 2.06. The minimum absolute atomic E-state index is 0.574. The van der Waals surface area contributed by atoms with Gasteiger partial charge >= 0.3 is 0 Å². The molecule has 0 bridgehead atoms. The maximum absolute atomic E-state index is 5.61. The van der Waals surface area contributed by atoms with Crippen molar-refractivity contribution in [2.75, 3.05) is 6.61 Å². The van der Waals surface area contributed by atoms with Crippen molar-refractivity contribution in [1.29, 1.82) is 0 Å². The highest BCUT2D eigenvalue weighted by Gasteiger charge is 2.22. The van der Waals surface area contributed by atoms with Crippen LogP contribution in [0.2, 0.25) is 0 Å². The summed E-state index contributed by atoms with van der Waals surface area (Å²) >= 11 is 0. The molecule has 0 spiro atoms. The molecule has 0 aromatic rings. The molecule has 0 N–H and O–H groups in total. The maximum atomic E-state index is 5.61. The zero-order chi connectivity index (χ0) is 8.97. The van der Waals surface area contributed by atoms with Crippen LogP contribution in [0.1, 0.15) is 46.5 Å². The van der Waals surface area contributed by atoms with Crippen LogP contribution in [0.4, 0.5) is 0 Å². The zero-order valence-corrected chi connectivity index (χ0v) is 8.68. The number of ether oxygens (including phenoxy) is 1. The summed E-state index contributed by atoms with van der Waals surface area (Å²) in [6, 6.07) is 0. The smallest absolute Gasteiger partial charge is 0.0575 e. The van der Waals surface area contributed by atoms with Crippen LogP contribution in [-0.2, 0) is 4.74 Å². The van der Waals surface area contributed by atoms with Crippen molar-refractivity contribution in [3.8, 4) is 0 Å². The summed E-state index contributed by atoms with van der Waals surface area (Å²) in [4.78, 5) is 0. The summed E-state index contributed by atoms with van der Waals surface area (Å²) in [6.07, 6.45) is 5.91. The third kappa shape index (κ3) is 2.78. The molecule has 72 valence electrons. The molecule has 0 unspecified atom stereocenters. The van der Waals surface area contributed by atoms with Crippen LogP contribution in [-0.4, -0.2) is 12.7 Å². The van der Waals surface area contributed by atoms with E-state index in [1.54, 1.807) is 0 Å². The molecule has 1 aliphatic rings. The molecule has 0 amide bonds. The van der Waals surface area contributed by atoms with Gasteiger partial charge in [0.05, 0.1) is 6.10 Å². The monoisotopic (exact) mass is 170 g/mol. The highest BCUT2D eigenvalue weighted by Crippen LogP contribution is 2.30. The van der Waals surface area contributed by atoms with E-state index < -0.39 is 0 Å². The Morgan fingerprint density at radius 1 is 1.17 bits per heavy atom. The van der Waals surface area contributed by atoms with Crippen LogP contribution >= 0.6 is 0 Å². The van der Waals surface area contributed by atoms with Gasteiger partial charge in [-0.25, -0.2) is 0 Å². The lowest BCUT2D eigenvalue weighted by Crippen LogP contribution is -2.24. The van der Waals surface area contributed by atoms with Gasteiger partial charge in [0.2, 0.25) is 0 Å². The van der Waals surface area contributed by atoms with Gasteiger partial charge in [-0.3, -0.25) is 0 Å². The largest absolute Gasteiger partial charge is 0.379 e. The van der Waals surface area contributed by atoms with E-state index in [0.717, 1.165) is 18.4 Å². The molecule has 1 aliphatic carbocycles. The van der Waals surface area contributed by atoms with Crippen molar-refractivity contribution in [2.24, 2.45) is 11.8 Å². The molecule has 1 nitrogen and oxygen atoms in total. The molecule has 1 saturated carbocycles. The Labute approximate surface area is 76.5 Å². The third-order valence-corrected chi connectivity index (χ3v) is 3.06. The molecule has 0 atom stereocenters. The average molecular weight is 170 g/mol. The van der Waals surface area contributed by atoms with Crippen molar-refractivity contribution in [3.63, 3.8) is 0 Å². The number of rotatable bonds is 3. The number of hydrogen-bond acceptors (Lipinski definition) is 1. The van der Waals surface area contributed by atoms with Gasteiger partial charge in [-0.15, -0.1) is 0 Å². The van der Waals surface area contributed by atoms with Gasteiger partial charge in [0.1, 0.15) is 0 Å². The quantitative estimate of drug-likeness (QED) is 0.632. The normalized spacial score (nSPS) is 31.0. The Morgan fingerprint density at radius 3 is 2.17 bits per heavy atom. The topological polar surface area (TPSA) is 9.23 Å². The van der Waals surface area contributed by atoms with Crippen molar-refractivity contribution >= 4 is 0 Å². The number of hydrogen-bond donors (Lipinski definition) is 0. The Kier molecular flexibility index (Phi) is 4.07. The molecule has 0 radical (unpaired) electrons. The maximum Gasteiger partial charge on any atom is 0.0575 e. The second-order valence-electron chi connectivity index (χ2n) is 4.24. The minimum Gasteiger partial charge on any atom is -0.379 e. The lowest BCUT2D eigenvalue weighted by molar-refractivity contribution is 0.0203. The second kappa shape index (κ2) is 4.86. The summed E-state index contributed by atoms with van der Waals surface area (Å²) in [5, 5.41) is 0. The second-order valence-corrected chi connectivity index (χ2v) is 4.24. The van der Waals surface area contributed by atoms with E-state index in [9.17, 15) is 0 Å². The molecule has 1 heteroatoms. The minimum atomic E-state index is 0.574. The van der Waals surface area contributed by atoms with Gasteiger partial charge in [0, 0.05) is 6.61 Å². The van der Waals surface area contributed by atoms with Crippen LogP contribution in [0.15, 0.2) is 0 Å². The zero-order valence-electron chi connectivity index (χ0n) is 8.68. The van der Waals surface area contributed by atoms with Gasteiger partial charge in [-0.2, -0.15) is 0 Å². The van der Waals surface area contributed by atoms with Gasteiger partial charge in [-0.1, -0.05) is 13.8 Å². The summed E-state index contributed by atoms with van der Waals surface area (Å²) in [6.45, 7) is 7.66. The van der Waals surface area contributed by atoms with Crippen molar-refractivity contribution in [2.45, 2.75) is 52.6 Å². The van der Waals surface area contributed by atoms with Crippen molar-refractivity contribution in [1.82, 2.24) is 0 Å². The highest BCUT2D eigenvalue weighted by molar-refractivity contribution is 4.74. The Balaban J connectivity index is 2.20. The Hall–Kier alpha value is -0.0400. The summed E-state index contributed by atoms with van der Waals surface area (Å²) in [7, 11) is 0.